The van der Waals surface area contributed by atoms with Gasteiger partial charge < -0.3 is 4.90 Å². The van der Waals surface area contributed by atoms with E-state index in [0.717, 1.165) is 25.8 Å². The van der Waals surface area contributed by atoms with Crippen molar-refractivity contribution >= 4 is 5.91 Å². The molecule has 2 fully saturated rings. The van der Waals surface area contributed by atoms with Gasteiger partial charge in [-0.15, -0.1) is 0 Å². The van der Waals surface area contributed by atoms with Crippen molar-refractivity contribution < 1.29 is 4.79 Å². The van der Waals surface area contributed by atoms with Gasteiger partial charge in [0.05, 0.1) is 5.41 Å². The van der Waals surface area contributed by atoms with Crippen LogP contribution in [-0.2, 0) is 4.79 Å². The SMILES string of the molecule is CC(C)N1CCC2(CCCC2)C1=O. The molecule has 0 aromatic heterocycles. The van der Waals surface area contributed by atoms with Gasteiger partial charge in [-0.1, -0.05) is 12.8 Å². The molecule has 1 saturated heterocycles. The number of hydrogen-bond acceptors (Lipinski definition) is 1. The van der Waals surface area contributed by atoms with Gasteiger partial charge in [0, 0.05) is 12.6 Å². The van der Waals surface area contributed by atoms with E-state index in [4.69, 9.17) is 0 Å². The highest BCUT2D eigenvalue weighted by molar-refractivity contribution is 5.85. The number of amides is 1. The highest BCUT2D eigenvalue weighted by Crippen LogP contribution is 2.46. The van der Waals surface area contributed by atoms with Gasteiger partial charge in [0.15, 0.2) is 0 Å². The summed E-state index contributed by atoms with van der Waals surface area (Å²) in [6.45, 7) is 5.23. The molecule has 0 aromatic rings. The molecule has 0 atom stereocenters. The zero-order chi connectivity index (χ0) is 9.47. The van der Waals surface area contributed by atoms with E-state index >= 15 is 0 Å². The molecule has 2 rings (SSSR count). The van der Waals surface area contributed by atoms with Gasteiger partial charge in [0.1, 0.15) is 0 Å². The Hall–Kier alpha value is -0.530. The predicted octanol–water partition coefficient (Wildman–Crippen LogP) is 2.19. The molecule has 74 valence electrons. The van der Waals surface area contributed by atoms with Gasteiger partial charge in [-0.25, -0.2) is 0 Å². The highest BCUT2D eigenvalue weighted by atomic mass is 16.2. The largest absolute Gasteiger partial charge is 0.340 e. The van der Waals surface area contributed by atoms with Crippen LogP contribution < -0.4 is 0 Å². The molecule has 1 aliphatic heterocycles. The summed E-state index contributed by atoms with van der Waals surface area (Å²) in [7, 11) is 0. The first kappa shape index (κ1) is 9.04. The summed E-state index contributed by atoms with van der Waals surface area (Å²) in [4.78, 5) is 14.2. The van der Waals surface area contributed by atoms with Crippen LogP contribution in [0.5, 0.6) is 0 Å². The summed E-state index contributed by atoms with van der Waals surface area (Å²) in [5.74, 6) is 0.444. The fourth-order valence-corrected chi connectivity index (χ4v) is 2.86. The number of carbonyl (C=O) groups excluding carboxylic acids is 1. The van der Waals surface area contributed by atoms with E-state index in [0.29, 0.717) is 11.9 Å². The van der Waals surface area contributed by atoms with E-state index < -0.39 is 0 Å². The second-order valence-electron chi connectivity index (χ2n) is 4.83. The summed E-state index contributed by atoms with van der Waals surface area (Å²) in [6, 6.07) is 0.396. The van der Waals surface area contributed by atoms with Crippen molar-refractivity contribution in [2.45, 2.75) is 52.0 Å². The Morgan fingerprint density at radius 1 is 1.23 bits per heavy atom. The molecular weight excluding hydrogens is 162 g/mol. The zero-order valence-electron chi connectivity index (χ0n) is 8.68. The Morgan fingerprint density at radius 3 is 2.31 bits per heavy atom. The summed E-state index contributed by atoms with van der Waals surface area (Å²) >= 11 is 0. The normalized spacial score (nSPS) is 26.7. The number of rotatable bonds is 1. The molecule has 0 bridgehead atoms. The van der Waals surface area contributed by atoms with Crippen molar-refractivity contribution in [3.63, 3.8) is 0 Å². The van der Waals surface area contributed by atoms with Crippen molar-refractivity contribution in [1.82, 2.24) is 4.90 Å². The van der Waals surface area contributed by atoms with Crippen LogP contribution in [0.15, 0.2) is 0 Å². The van der Waals surface area contributed by atoms with E-state index in [1.54, 1.807) is 0 Å². The van der Waals surface area contributed by atoms with Crippen molar-refractivity contribution in [1.29, 1.82) is 0 Å². The van der Waals surface area contributed by atoms with E-state index in [2.05, 4.69) is 18.7 Å². The monoisotopic (exact) mass is 181 g/mol. The van der Waals surface area contributed by atoms with Crippen LogP contribution in [0.3, 0.4) is 0 Å². The lowest BCUT2D eigenvalue weighted by molar-refractivity contribution is -0.137. The number of likely N-dealkylation sites (tertiary alicyclic amines) is 1. The second-order valence-corrected chi connectivity index (χ2v) is 4.83. The Bertz CT molecular complexity index is 216. The van der Waals surface area contributed by atoms with E-state index in [1.807, 2.05) is 0 Å². The molecule has 0 unspecified atom stereocenters. The molecule has 1 spiro atoms. The quantitative estimate of drug-likeness (QED) is 0.607. The van der Waals surface area contributed by atoms with Crippen LogP contribution >= 0.6 is 0 Å². The smallest absolute Gasteiger partial charge is 0.229 e. The van der Waals surface area contributed by atoms with Gasteiger partial charge in [0.25, 0.3) is 0 Å². The third kappa shape index (κ3) is 1.27. The van der Waals surface area contributed by atoms with Crippen molar-refractivity contribution in [3.05, 3.63) is 0 Å². The van der Waals surface area contributed by atoms with E-state index in [-0.39, 0.29) is 5.41 Å². The maximum absolute atomic E-state index is 12.1. The molecule has 0 radical (unpaired) electrons. The fourth-order valence-electron chi connectivity index (χ4n) is 2.86. The maximum atomic E-state index is 12.1. The van der Waals surface area contributed by atoms with Crippen molar-refractivity contribution in [2.24, 2.45) is 5.41 Å². The third-order valence-electron chi connectivity index (χ3n) is 3.73. The minimum Gasteiger partial charge on any atom is -0.340 e. The summed E-state index contributed by atoms with van der Waals surface area (Å²) in [5, 5.41) is 0. The fraction of sp³-hybridized carbons (Fsp3) is 0.909. The van der Waals surface area contributed by atoms with Gasteiger partial charge in [-0.05, 0) is 33.1 Å². The lowest BCUT2D eigenvalue weighted by Crippen LogP contribution is -2.37. The summed E-state index contributed by atoms with van der Waals surface area (Å²) < 4.78 is 0. The minimum absolute atomic E-state index is 0.0876. The van der Waals surface area contributed by atoms with Crippen LogP contribution in [0.25, 0.3) is 0 Å². The minimum atomic E-state index is 0.0876. The van der Waals surface area contributed by atoms with Gasteiger partial charge in [-0.2, -0.15) is 0 Å². The van der Waals surface area contributed by atoms with Gasteiger partial charge in [-0.3, -0.25) is 4.79 Å². The summed E-state index contributed by atoms with van der Waals surface area (Å²) in [5.41, 5.74) is 0.0876. The molecule has 1 amide bonds. The van der Waals surface area contributed by atoms with Gasteiger partial charge >= 0.3 is 0 Å². The van der Waals surface area contributed by atoms with Crippen molar-refractivity contribution in [2.75, 3.05) is 6.54 Å². The lowest BCUT2D eigenvalue weighted by Gasteiger charge is -2.25. The van der Waals surface area contributed by atoms with E-state index in [1.165, 1.54) is 12.8 Å². The molecule has 1 aliphatic carbocycles. The maximum Gasteiger partial charge on any atom is 0.229 e. The first-order valence-electron chi connectivity index (χ1n) is 5.47. The molecule has 2 aliphatic rings. The summed E-state index contributed by atoms with van der Waals surface area (Å²) in [6.07, 6.45) is 5.93. The molecule has 0 N–H and O–H groups in total. The van der Waals surface area contributed by atoms with E-state index in [9.17, 15) is 4.79 Å². The topological polar surface area (TPSA) is 20.3 Å². The Labute approximate surface area is 80.3 Å². The van der Waals surface area contributed by atoms with Crippen LogP contribution in [0.2, 0.25) is 0 Å². The molecule has 2 nitrogen and oxygen atoms in total. The second kappa shape index (κ2) is 3.00. The van der Waals surface area contributed by atoms with Gasteiger partial charge in [0.2, 0.25) is 5.91 Å². The molecule has 2 heteroatoms. The van der Waals surface area contributed by atoms with Crippen LogP contribution in [-0.4, -0.2) is 23.4 Å². The standard InChI is InChI=1S/C11H19NO/c1-9(2)12-8-7-11(10(12)13)5-3-4-6-11/h9H,3-8H2,1-2H3. The third-order valence-corrected chi connectivity index (χ3v) is 3.73. The predicted molar refractivity (Wildman–Crippen MR) is 52.4 cm³/mol. The van der Waals surface area contributed by atoms with Crippen LogP contribution in [0, 0.1) is 5.41 Å². The Kier molecular flexibility index (Phi) is 2.09. The van der Waals surface area contributed by atoms with Crippen LogP contribution in [0.1, 0.15) is 46.0 Å². The lowest BCUT2D eigenvalue weighted by atomic mass is 9.85. The van der Waals surface area contributed by atoms with Crippen molar-refractivity contribution in [3.8, 4) is 0 Å². The molecule has 1 saturated carbocycles. The first-order chi connectivity index (χ1) is 6.16. The molecular formula is C11H19NO. The molecule has 0 aromatic carbocycles. The highest BCUT2D eigenvalue weighted by Gasteiger charge is 2.48. The average molecular weight is 181 g/mol. The Morgan fingerprint density at radius 2 is 1.85 bits per heavy atom. The number of nitrogens with zero attached hydrogens (tertiary/aromatic N) is 1. The first-order valence-corrected chi connectivity index (χ1v) is 5.47. The Balaban J connectivity index is 2.14. The average Bonchev–Trinajstić information content (AvgIpc) is 2.64. The number of hydrogen-bond donors (Lipinski definition) is 0. The molecule has 13 heavy (non-hydrogen) atoms. The number of carbonyl (C=O) groups is 1. The zero-order valence-corrected chi connectivity index (χ0v) is 8.68. The molecule has 1 heterocycles. The van der Waals surface area contributed by atoms with Crippen LogP contribution in [0.4, 0.5) is 0 Å².